The fourth-order valence-electron chi connectivity index (χ4n) is 3.91. The zero-order valence-corrected chi connectivity index (χ0v) is 19.3. The van der Waals surface area contributed by atoms with E-state index in [-0.39, 0.29) is 18.1 Å². The summed E-state index contributed by atoms with van der Waals surface area (Å²) in [4.78, 5) is 13.7. The molecule has 0 amide bonds. The number of carbonyl (C=O) groups excluding carboxylic acids is 1. The molecule has 0 aliphatic carbocycles. The number of alkyl halides is 3. The molecule has 166 valence electrons. The van der Waals surface area contributed by atoms with Gasteiger partial charge in [-0.15, -0.1) is 0 Å². The Labute approximate surface area is 188 Å². The van der Waals surface area contributed by atoms with Crippen molar-refractivity contribution in [3.8, 4) is 0 Å². The summed E-state index contributed by atoms with van der Waals surface area (Å²) < 4.78 is 46.1. The van der Waals surface area contributed by atoms with Gasteiger partial charge in [-0.3, -0.25) is 9.69 Å². The summed E-state index contributed by atoms with van der Waals surface area (Å²) in [5.41, 5.74) is 1.46. The molecule has 1 aliphatic heterocycles. The molecule has 2 aromatic rings. The largest absolute Gasteiger partial charge is 0.461 e. The van der Waals surface area contributed by atoms with Crippen LogP contribution in [0.25, 0.3) is 10.9 Å². The number of esters is 1. The number of anilines is 1. The Morgan fingerprint density at radius 3 is 2.67 bits per heavy atom. The number of piperidine rings is 1. The van der Waals surface area contributed by atoms with Gasteiger partial charge < -0.3 is 14.6 Å². The molecule has 1 N–H and O–H groups in total. The molecule has 0 saturated carbocycles. The van der Waals surface area contributed by atoms with Crippen molar-refractivity contribution in [3.05, 3.63) is 28.0 Å². The maximum Gasteiger partial charge on any atom is 0.406 e. The van der Waals surface area contributed by atoms with E-state index in [0.29, 0.717) is 22.2 Å². The number of fused-ring (bicyclic) bond motifs is 1. The van der Waals surface area contributed by atoms with Crippen LogP contribution in [-0.4, -0.2) is 53.4 Å². The zero-order valence-electron chi connectivity index (χ0n) is 17.1. The third-order valence-electron chi connectivity index (χ3n) is 5.32. The van der Waals surface area contributed by atoms with Crippen molar-refractivity contribution in [1.29, 1.82) is 0 Å². The summed E-state index contributed by atoms with van der Waals surface area (Å²) in [5, 5.41) is 4.35. The van der Waals surface area contributed by atoms with Crippen molar-refractivity contribution in [1.82, 2.24) is 9.47 Å². The number of benzene rings is 1. The van der Waals surface area contributed by atoms with Gasteiger partial charge in [0, 0.05) is 43.2 Å². The molecule has 0 bridgehead atoms. The second-order valence-electron chi connectivity index (χ2n) is 7.78. The lowest BCUT2D eigenvalue weighted by molar-refractivity contribution is -0.148. The lowest BCUT2D eigenvalue weighted by Crippen LogP contribution is -2.42. The molecule has 1 aromatic heterocycles. The predicted octanol–water partition coefficient (Wildman–Crippen LogP) is 5.03. The van der Waals surface area contributed by atoms with E-state index >= 15 is 0 Å². The molecular formula is C21H27F3IN3O2. The van der Waals surface area contributed by atoms with Crippen LogP contribution in [-0.2, 0) is 16.1 Å². The topological polar surface area (TPSA) is 46.5 Å². The summed E-state index contributed by atoms with van der Waals surface area (Å²) in [6.07, 6.45) is -2.17. The molecule has 1 aliphatic rings. The number of carbonyl (C=O) groups is 1. The lowest BCUT2D eigenvalue weighted by Gasteiger charge is -2.34. The first-order valence-electron chi connectivity index (χ1n) is 10.2. The Hall–Kier alpha value is -1.49. The average Bonchev–Trinajstić information content (AvgIpc) is 2.98. The van der Waals surface area contributed by atoms with E-state index in [9.17, 15) is 18.0 Å². The Balaban J connectivity index is 1.61. The van der Waals surface area contributed by atoms with Gasteiger partial charge in [0.15, 0.2) is 0 Å². The van der Waals surface area contributed by atoms with Crippen LogP contribution in [0.1, 0.15) is 33.1 Å². The first-order chi connectivity index (χ1) is 14.2. The highest BCUT2D eigenvalue weighted by Crippen LogP contribution is 2.32. The molecule has 30 heavy (non-hydrogen) atoms. The number of hydrogen-bond donors (Lipinski definition) is 1. The minimum Gasteiger partial charge on any atom is -0.461 e. The Morgan fingerprint density at radius 1 is 1.33 bits per heavy atom. The van der Waals surface area contributed by atoms with Crippen molar-refractivity contribution >= 4 is 45.2 Å². The zero-order chi connectivity index (χ0) is 21.9. The minimum absolute atomic E-state index is 0.133. The van der Waals surface area contributed by atoms with Gasteiger partial charge in [0.25, 0.3) is 0 Å². The monoisotopic (exact) mass is 537 g/mol. The molecule has 0 spiro atoms. The number of nitrogens with zero attached hydrogens (tertiary/aromatic N) is 2. The van der Waals surface area contributed by atoms with E-state index in [1.165, 1.54) is 4.57 Å². The number of aromatic nitrogens is 1. The highest BCUT2D eigenvalue weighted by atomic mass is 127. The third-order valence-corrected chi connectivity index (χ3v) is 6.21. The highest BCUT2D eigenvalue weighted by Gasteiger charge is 2.30. The fourth-order valence-corrected chi connectivity index (χ4v) is 4.65. The van der Waals surface area contributed by atoms with Crippen LogP contribution in [0.4, 0.5) is 18.9 Å². The predicted molar refractivity (Wildman–Crippen MR) is 120 cm³/mol. The lowest BCUT2D eigenvalue weighted by atomic mass is 10.0. The van der Waals surface area contributed by atoms with Crippen LogP contribution in [0, 0.1) is 3.70 Å². The normalized spacial score (nSPS) is 17.3. The molecule has 1 atom stereocenters. The molecule has 1 saturated heterocycles. The fraction of sp³-hybridized carbons (Fsp3) is 0.571. The number of nitrogens with one attached hydrogen (secondary N) is 1. The number of likely N-dealkylation sites (tertiary alicyclic amines) is 1. The molecule has 3 rings (SSSR count). The Kier molecular flexibility index (Phi) is 7.54. The molecule has 1 fully saturated rings. The smallest absolute Gasteiger partial charge is 0.406 e. The summed E-state index contributed by atoms with van der Waals surface area (Å²) in [6, 6.07) is 7.52. The summed E-state index contributed by atoms with van der Waals surface area (Å²) in [6.45, 7) is 5.18. The van der Waals surface area contributed by atoms with Gasteiger partial charge in [0.2, 0.25) is 0 Å². The van der Waals surface area contributed by atoms with Crippen LogP contribution >= 0.6 is 22.6 Å². The first-order valence-corrected chi connectivity index (χ1v) is 11.3. The summed E-state index contributed by atoms with van der Waals surface area (Å²) in [7, 11) is 0. The average molecular weight is 537 g/mol. The second-order valence-corrected chi connectivity index (χ2v) is 8.89. The van der Waals surface area contributed by atoms with Gasteiger partial charge in [-0.1, -0.05) is 13.0 Å². The summed E-state index contributed by atoms with van der Waals surface area (Å²) >= 11 is 1.96. The van der Waals surface area contributed by atoms with Crippen LogP contribution in [0.3, 0.4) is 0 Å². The number of rotatable bonds is 7. The van der Waals surface area contributed by atoms with Gasteiger partial charge in [-0.05, 0) is 60.6 Å². The molecule has 5 nitrogen and oxygen atoms in total. The molecular weight excluding hydrogens is 510 g/mol. The molecule has 2 heterocycles. The van der Waals surface area contributed by atoms with Gasteiger partial charge >= 0.3 is 12.1 Å². The van der Waals surface area contributed by atoms with E-state index in [1.54, 1.807) is 19.1 Å². The van der Waals surface area contributed by atoms with E-state index in [1.807, 2.05) is 41.6 Å². The number of hydrogen-bond acceptors (Lipinski definition) is 4. The van der Waals surface area contributed by atoms with Gasteiger partial charge in [-0.2, -0.15) is 13.2 Å². The number of halogens is 4. The standard InChI is InChI=1S/C21H27F3IN3O2/c1-3-20(29)30-14(2)12-27-9-7-15(8-10-27)26-17-5-4-6-18-16(17)11-19(25)28(18)13-21(22,23)24/h4-6,11,14-15,26H,3,7-10,12-13H2,1-2H3. The molecule has 1 unspecified atom stereocenters. The van der Waals surface area contributed by atoms with Crippen LogP contribution in [0.5, 0.6) is 0 Å². The van der Waals surface area contributed by atoms with Gasteiger partial charge in [0.1, 0.15) is 12.6 Å². The van der Waals surface area contributed by atoms with Crippen molar-refractivity contribution in [2.45, 2.75) is 58.0 Å². The van der Waals surface area contributed by atoms with E-state index in [2.05, 4.69) is 10.2 Å². The van der Waals surface area contributed by atoms with Gasteiger partial charge in [-0.25, -0.2) is 0 Å². The third kappa shape index (κ3) is 6.03. The van der Waals surface area contributed by atoms with Crippen molar-refractivity contribution in [3.63, 3.8) is 0 Å². The Bertz CT molecular complexity index is 876. The van der Waals surface area contributed by atoms with Crippen molar-refractivity contribution in [2.24, 2.45) is 0 Å². The molecule has 9 heteroatoms. The number of ether oxygens (including phenoxy) is 1. The minimum atomic E-state index is -4.26. The Morgan fingerprint density at radius 2 is 2.03 bits per heavy atom. The van der Waals surface area contributed by atoms with Gasteiger partial charge in [0.05, 0.1) is 9.22 Å². The van der Waals surface area contributed by atoms with Crippen molar-refractivity contribution in [2.75, 3.05) is 25.0 Å². The van der Waals surface area contributed by atoms with E-state index in [4.69, 9.17) is 4.74 Å². The van der Waals surface area contributed by atoms with Crippen molar-refractivity contribution < 1.29 is 22.7 Å². The maximum absolute atomic E-state index is 12.9. The second kappa shape index (κ2) is 9.76. The van der Waals surface area contributed by atoms with Crippen LogP contribution in [0.15, 0.2) is 24.3 Å². The van der Waals surface area contributed by atoms with Crippen LogP contribution < -0.4 is 5.32 Å². The highest BCUT2D eigenvalue weighted by molar-refractivity contribution is 14.1. The quantitative estimate of drug-likeness (QED) is 0.398. The van der Waals surface area contributed by atoms with E-state index < -0.39 is 12.7 Å². The first kappa shape index (κ1) is 23.2. The van der Waals surface area contributed by atoms with Crippen LogP contribution in [0.2, 0.25) is 0 Å². The van der Waals surface area contributed by atoms with E-state index in [0.717, 1.165) is 37.0 Å². The summed E-state index contributed by atoms with van der Waals surface area (Å²) in [5.74, 6) is -0.181. The molecule has 0 radical (unpaired) electrons. The SMILES string of the molecule is CCC(=O)OC(C)CN1CCC(Nc2cccc3c2cc(I)n3CC(F)(F)F)CC1. The molecule has 1 aromatic carbocycles. The maximum atomic E-state index is 12.9.